The van der Waals surface area contributed by atoms with Crippen LogP contribution < -0.4 is 4.74 Å². The molecule has 0 N–H and O–H groups in total. The topological polar surface area (TPSA) is 59.5 Å². The van der Waals surface area contributed by atoms with Crippen LogP contribution in [0.5, 0.6) is 5.88 Å². The van der Waals surface area contributed by atoms with Gasteiger partial charge in [0.25, 0.3) is 0 Å². The fourth-order valence-electron chi connectivity index (χ4n) is 2.02. The SMILES string of the molecule is CCOc1ccc2c(n1)CCN(S(=O)(=O)CC)C2. The van der Waals surface area contributed by atoms with E-state index in [-0.39, 0.29) is 5.75 Å². The predicted molar refractivity (Wildman–Crippen MR) is 69.0 cm³/mol. The second kappa shape index (κ2) is 5.24. The molecule has 1 aromatic rings. The van der Waals surface area contributed by atoms with E-state index in [4.69, 9.17) is 4.74 Å². The van der Waals surface area contributed by atoms with E-state index in [1.807, 2.05) is 13.0 Å². The highest BCUT2D eigenvalue weighted by Gasteiger charge is 2.25. The number of hydrogen-bond acceptors (Lipinski definition) is 4. The Bertz CT molecular complexity index is 528. The maximum Gasteiger partial charge on any atom is 0.214 e. The molecule has 2 heterocycles. The molecule has 0 aromatic carbocycles. The van der Waals surface area contributed by atoms with Crippen LogP contribution in [0, 0.1) is 0 Å². The number of fused-ring (bicyclic) bond motifs is 1. The molecule has 0 bridgehead atoms. The lowest BCUT2D eigenvalue weighted by Gasteiger charge is -2.27. The zero-order valence-corrected chi connectivity index (χ0v) is 11.5. The fraction of sp³-hybridized carbons (Fsp3) is 0.583. The van der Waals surface area contributed by atoms with E-state index in [1.54, 1.807) is 13.0 Å². The number of rotatable bonds is 4. The van der Waals surface area contributed by atoms with Gasteiger partial charge in [-0.05, 0) is 19.4 Å². The van der Waals surface area contributed by atoms with Gasteiger partial charge in [0.05, 0.1) is 18.1 Å². The second-order valence-corrected chi connectivity index (χ2v) is 6.43. The van der Waals surface area contributed by atoms with E-state index in [2.05, 4.69) is 4.98 Å². The molecule has 18 heavy (non-hydrogen) atoms. The smallest absolute Gasteiger partial charge is 0.214 e. The van der Waals surface area contributed by atoms with Crippen molar-refractivity contribution in [1.29, 1.82) is 0 Å². The first-order valence-electron chi connectivity index (χ1n) is 6.16. The zero-order chi connectivity index (χ0) is 13.2. The molecular formula is C12H18N2O3S. The van der Waals surface area contributed by atoms with Gasteiger partial charge in [-0.15, -0.1) is 0 Å². The molecule has 1 aliphatic rings. The van der Waals surface area contributed by atoms with Crippen molar-refractivity contribution in [2.75, 3.05) is 18.9 Å². The molecule has 6 heteroatoms. The Labute approximate surface area is 108 Å². The van der Waals surface area contributed by atoms with Crippen molar-refractivity contribution in [3.05, 3.63) is 23.4 Å². The zero-order valence-electron chi connectivity index (χ0n) is 10.7. The molecule has 5 nitrogen and oxygen atoms in total. The summed E-state index contributed by atoms with van der Waals surface area (Å²) in [5.74, 6) is 0.760. The van der Waals surface area contributed by atoms with E-state index < -0.39 is 10.0 Å². The molecule has 0 aliphatic carbocycles. The van der Waals surface area contributed by atoms with Crippen molar-refractivity contribution in [3.63, 3.8) is 0 Å². The molecule has 0 radical (unpaired) electrons. The molecule has 1 aromatic heterocycles. The van der Waals surface area contributed by atoms with E-state index in [0.29, 0.717) is 32.0 Å². The second-order valence-electron chi connectivity index (χ2n) is 4.17. The van der Waals surface area contributed by atoms with Gasteiger partial charge in [-0.3, -0.25) is 0 Å². The first-order valence-corrected chi connectivity index (χ1v) is 7.77. The highest BCUT2D eigenvalue weighted by atomic mass is 32.2. The summed E-state index contributed by atoms with van der Waals surface area (Å²) in [6.45, 7) is 5.09. The van der Waals surface area contributed by atoms with Gasteiger partial charge in [-0.1, -0.05) is 6.07 Å². The van der Waals surface area contributed by atoms with Gasteiger partial charge >= 0.3 is 0 Å². The Balaban J connectivity index is 2.21. The molecule has 0 atom stereocenters. The largest absolute Gasteiger partial charge is 0.478 e. The van der Waals surface area contributed by atoms with Crippen molar-refractivity contribution < 1.29 is 13.2 Å². The van der Waals surface area contributed by atoms with Gasteiger partial charge in [0.2, 0.25) is 15.9 Å². The summed E-state index contributed by atoms with van der Waals surface area (Å²) in [7, 11) is -3.11. The maximum absolute atomic E-state index is 11.8. The average Bonchev–Trinajstić information content (AvgIpc) is 2.38. The number of nitrogens with zero attached hydrogens (tertiary/aromatic N) is 2. The number of pyridine rings is 1. The summed E-state index contributed by atoms with van der Waals surface area (Å²) in [5.41, 5.74) is 1.92. The first-order chi connectivity index (χ1) is 8.56. The minimum Gasteiger partial charge on any atom is -0.478 e. The van der Waals surface area contributed by atoms with Crippen LogP contribution in [-0.2, 0) is 23.0 Å². The summed E-state index contributed by atoms with van der Waals surface area (Å²) < 4.78 is 30.5. The molecular weight excluding hydrogens is 252 g/mol. The number of aromatic nitrogens is 1. The van der Waals surface area contributed by atoms with Crippen molar-refractivity contribution in [3.8, 4) is 5.88 Å². The molecule has 100 valence electrons. The van der Waals surface area contributed by atoms with Crippen LogP contribution in [0.4, 0.5) is 0 Å². The summed E-state index contributed by atoms with van der Waals surface area (Å²) in [4.78, 5) is 4.40. The van der Waals surface area contributed by atoms with E-state index in [9.17, 15) is 8.42 Å². The van der Waals surface area contributed by atoms with Crippen molar-refractivity contribution in [2.45, 2.75) is 26.8 Å². The predicted octanol–water partition coefficient (Wildman–Crippen LogP) is 1.19. The molecule has 0 spiro atoms. The molecule has 2 rings (SSSR count). The quantitative estimate of drug-likeness (QED) is 0.824. The Morgan fingerprint density at radius 1 is 1.39 bits per heavy atom. The minimum atomic E-state index is -3.11. The Morgan fingerprint density at radius 3 is 2.83 bits per heavy atom. The molecule has 0 amide bonds. The summed E-state index contributed by atoms with van der Waals surface area (Å²) >= 11 is 0. The van der Waals surface area contributed by atoms with Gasteiger partial charge in [0.15, 0.2) is 0 Å². The van der Waals surface area contributed by atoms with Gasteiger partial charge < -0.3 is 4.74 Å². The van der Waals surface area contributed by atoms with E-state index in [1.165, 1.54) is 4.31 Å². The third-order valence-electron chi connectivity index (χ3n) is 3.04. The molecule has 1 aliphatic heterocycles. The highest BCUT2D eigenvalue weighted by molar-refractivity contribution is 7.89. The lowest BCUT2D eigenvalue weighted by Crippen LogP contribution is -2.37. The van der Waals surface area contributed by atoms with Crippen molar-refractivity contribution >= 4 is 10.0 Å². The Morgan fingerprint density at radius 2 is 2.17 bits per heavy atom. The van der Waals surface area contributed by atoms with Gasteiger partial charge in [0, 0.05) is 25.6 Å². The first kappa shape index (κ1) is 13.3. The number of sulfonamides is 1. The Kier molecular flexibility index (Phi) is 3.87. The third kappa shape index (κ3) is 2.64. The van der Waals surface area contributed by atoms with Crippen LogP contribution in [0.3, 0.4) is 0 Å². The summed E-state index contributed by atoms with van der Waals surface area (Å²) in [6, 6.07) is 3.70. The lowest BCUT2D eigenvalue weighted by molar-refractivity contribution is 0.322. The monoisotopic (exact) mass is 270 g/mol. The van der Waals surface area contributed by atoms with Gasteiger partial charge in [0.1, 0.15) is 0 Å². The third-order valence-corrected chi connectivity index (χ3v) is 4.87. The molecule has 0 unspecified atom stereocenters. The van der Waals surface area contributed by atoms with E-state index in [0.717, 1.165) is 11.3 Å². The molecule has 0 saturated carbocycles. The Hall–Kier alpha value is -1.14. The van der Waals surface area contributed by atoms with Crippen LogP contribution in [-0.4, -0.2) is 36.6 Å². The molecule has 0 fully saturated rings. The highest BCUT2D eigenvalue weighted by Crippen LogP contribution is 2.22. The minimum absolute atomic E-state index is 0.146. The summed E-state index contributed by atoms with van der Waals surface area (Å²) in [6.07, 6.45) is 0.648. The maximum atomic E-state index is 11.8. The van der Waals surface area contributed by atoms with E-state index >= 15 is 0 Å². The van der Waals surface area contributed by atoms with Gasteiger partial charge in [-0.2, -0.15) is 4.31 Å². The average molecular weight is 270 g/mol. The number of hydrogen-bond donors (Lipinski definition) is 0. The standard InChI is InChI=1S/C12H18N2O3S/c1-3-17-12-6-5-10-9-14(18(15,16)4-2)8-7-11(10)13-12/h5-6H,3-4,7-9H2,1-2H3. The van der Waals surface area contributed by atoms with Crippen LogP contribution >= 0.6 is 0 Å². The lowest BCUT2D eigenvalue weighted by atomic mass is 10.1. The van der Waals surface area contributed by atoms with Crippen molar-refractivity contribution in [2.24, 2.45) is 0 Å². The van der Waals surface area contributed by atoms with Gasteiger partial charge in [-0.25, -0.2) is 13.4 Å². The van der Waals surface area contributed by atoms with Crippen molar-refractivity contribution in [1.82, 2.24) is 9.29 Å². The number of ether oxygens (including phenoxy) is 1. The fourth-order valence-corrected chi connectivity index (χ4v) is 3.09. The summed E-state index contributed by atoms with van der Waals surface area (Å²) in [5, 5.41) is 0. The van der Waals surface area contributed by atoms with Crippen LogP contribution in [0.25, 0.3) is 0 Å². The normalized spacial score (nSPS) is 16.3. The van der Waals surface area contributed by atoms with Crippen LogP contribution in [0.2, 0.25) is 0 Å². The molecule has 0 saturated heterocycles. The van der Waals surface area contributed by atoms with Crippen LogP contribution in [0.1, 0.15) is 25.1 Å². The van der Waals surface area contributed by atoms with Crippen LogP contribution in [0.15, 0.2) is 12.1 Å².